The summed E-state index contributed by atoms with van der Waals surface area (Å²) in [6.07, 6.45) is 0. The van der Waals surface area contributed by atoms with E-state index in [4.69, 9.17) is 9.73 Å². The largest absolute Gasteiger partial charge is 1.00 e. The monoisotopic (exact) mass is 176 g/mol. The molecule has 0 saturated carbocycles. The Labute approximate surface area is 83.7 Å². The molecule has 0 unspecified atom stereocenters. The summed E-state index contributed by atoms with van der Waals surface area (Å²) in [4.78, 5) is 0. The number of hydrogen-bond donors (Lipinski definition) is 0. The molecule has 0 aliphatic carbocycles. The third kappa shape index (κ3) is 9.31. The summed E-state index contributed by atoms with van der Waals surface area (Å²) in [5.74, 6) is 0. The Kier molecular flexibility index (Phi) is 20.3. The first-order valence-electron chi connectivity index (χ1n) is 0.471. The van der Waals surface area contributed by atoms with Gasteiger partial charge in [-0.25, -0.2) is 0 Å². The van der Waals surface area contributed by atoms with Crippen molar-refractivity contribution in [3.63, 3.8) is 0 Å². The van der Waals surface area contributed by atoms with Crippen LogP contribution in [0.3, 0.4) is 0 Å². The van der Waals surface area contributed by atoms with Crippen LogP contribution in [0.15, 0.2) is 0 Å². The second-order valence-electron chi connectivity index (χ2n) is 0.0962. The van der Waals surface area contributed by atoms with Gasteiger partial charge in [-0.1, -0.05) is 0 Å². The van der Waals surface area contributed by atoms with E-state index in [9.17, 15) is 0 Å². The fraction of sp³-hybridized carbons (Fsp3) is 0. The zero-order valence-electron chi connectivity index (χ0n) is 2.39. The Bertz CT molecular complexity index is 13.5. The summed E-state index contributed by atoms with van der Waals surface area (Å²) < 4.78 is 8.25. The fourth-order valence-corrected chi connectivity index (χ4v) is 0. The maximum atomic E-state index is 8.25. The standard InChI is InChI=1S/BO2.Cs/c2-1-3;/q-1;+1. The molecule has 0 aromatic heterocycles. The van der Waals surface area contributed by atoms with Crippen LogP contribution < -0.4 is 73.9 Å². The van der Waals surface area contributed by atoms with Gasteiger partial charge in [0.25, 0.3) is 0 Å². The van der Waals surface area contributed by atoms with Gasteiger partial charge in [-0.2, -0.15) is 0 Å². The molecule has 2 nitrogen and oxygen atoms in total. The van der Waals surface area contributed by atoms with E-state index >= 15 is 0 Å². The Morgan fingerprint density at radius 2 is 1.75 bits per heavy atom. The van der Waals surface area contributed by atoms with Crippen molar-refractivity contribution < 1.29 is 78.6 Å². The number of rotatable bonds is 0. The average Bonchev–Trinajstić information content (AvgIpc) is 0.918. The van der Waals surface area contributed by atoms with Crippen LogP contribution in [0.4, 0.5) is 0 Å². The summed E-state index contributed by atoms with van der Waals surface area (Å²) >= 11 is 0. The first-order valence-corrected chi connectivity index (χ1v) is 0.471. The molecular formula is BCsO2. The van der Waals surface area contributed by atoms with E-state index in [2.05, 4.69) is 0 Å². The van der Waals surface area contributed by atoms with E-state index in [0.717, 1.165) is 0 Å². The molecule has 0 rings (SSSR count). The fourth-order valence-electron chi connectivity index (χ4n) is 0. The first kappa shape index (κ1) is 9.21. The Hall–Kier alpha value is 1.72. The number of hydrogen-bond acceptors (Lipinski definition) is 2. The van der Waals surface area contributed by atoms with Crippen LogP contribution in [0.2, 0.25) is 0 Å². The van der Waals surface area contributed by atoms with E-state index in [0.29, 0.717) is 0 Å². The Morgan fingerprint density at radius 1 is 1.75 bits per heavy atom. The van der Waals surface area contributed by atoms with Gasteiger partial charge in [-0.3, -0.25) is 0 Å². The van der Waals surface area contributed by atoms with Crippen LogP contribution in [0.25, 0.3) is 0 Å². The van der Waals surface area contributed by atoms with Gasteiger partial charge in [0.15, 0.2) is 0 Å². The summed E-state index contributed by atoms with van der Waals surface area (Å²) in [5, 5.41) is 8.25. The maximum absolute atomic E-state index is 8.25. The molecule has 0 aliphatic heterocycles. The van der Waals surface area contributed by atoms with E-state index in [-0.39, 0.29) is 68.9 Å². The van der Waals surface area contributed by atoms with E-state index in [1.165, 1.54) is 0 Å². The van der Waals surface area contributed by atoms with Crippen LogP contribution in [0.1, 0.15) is 0 Å². The van der Waals surface area contributed by atoms with Crippen LogP contribution in [0.5, 0.6) is 0 Å². The van der Waals surface area contributed by atoms with Crippen LogP contribution in [-0.4, -0.2) is 7.35 Å². The van der Waals surface area contributed by atoms with E-state index in [1.54, 1.807) is 0 Å². The van der Waals surface area contributed by atoms with Gasteiger partial charge in [0.05, 0.1) is 0 Å². The predicted molar refractivity (Wildman–Crippen MR) is 6.44 cm³/mol. The molecular weight excluding hydrogens is 176 g/mol. The van der Waals surface area contributed by atoms with Crippen LogP contribution in [-0.2, 0) is 4.70 Å². The van der Waals surface area contributed by atoms with Gasteiger partial charge in [0.2, 0.25) is 0 Å². The molecule has 16 valence electrons. The molecule has 0 saturated heterocycles. The second-order valence-corrected chi connectivity index (χ2v) is 0.0962. The minimum absolute atomic E-state index is 0. The van der Waals surface area contributed by atoms with Gasteiger partial charge in [-0.05, 0) is 0 Å². The smallest absolute Gasteiger partial charge is 1.00 e. The second kappa shape index (κ2) is 8.83. The van der Waals surface area contributed by atoms with Gasteiger partial charge < -0.3 is 0 Å². The van der Waals surface area contributed by atoms with Crippen molar-refractivity contribution in [1.82, 2.24) is 0 Å². The molecule has 0 fully saturated rings. The van der Waals surface area contributed by atoms with Crippen molar-refractivity contribution in [2.24, 2.45) is 0 Å². The topological polar surface area (TPSA) is 40.1 Å². The van der Waals surface area contributed by atoms with Crippen molar-refractivity contribution in [2.75, 3.05) is 0 Å². The molecule has 0 amide bonds. The maximum Gasteiger partial charge on any atom is 1.00 e. The third-order valence-electron chi connectivity index (χ3n) is 0. The average molecular weight is 176 g/mol. The minimum atomic E-state index is -0.500. The van der Waals surface area contributed by atoms with E-state index in [1.807, 2.05) is 0 Å². The molecule has 0 bridgehead atoms. The first-order chi connectivity index (χ1) is 1.41. The van der Waals surface area contributed by atoms with E-state index < -0.39 is 7.35 Å². The SMILES string of the molecule is O=B[O-].[Cs+]. The summed E-state index contributed by atoms with van der Waals surface area (Å²) in [7, 11) is -0.500. The molecule has 0 N–H and O–H groups in total. The van der Waals surface area contributed by atoms with Crippen molar-refractivity contribution in [3.8, 4) is 0 Å². The van der Waals surface area contributed by atoms with Crippen molar-refractivity contribution >= 4 is 7.35 Å². The molecule has 0 heterocycles. The van der Waals surface area contributed by atoms with Crippen molar-refractivity contribution in [1.29, 1.82) is 0 Å². The molecule has 0 spiro atoms. The Morgan fingerprint density at radius 3 is 1.75 bits per heavy atom. The quantitative estimate of drug-likeness (QED) is 0.348. The van der Waals surface area contributed by atoms with Crippen molar-refractivity contribution in [2.45, 2.75) is 0 Å². The molecule has 4 heteroatoms. The minimum Gasteiger partial charge on any atom is 1.00 e. The van der Waals surface area contributed by atoms with Gasteiger partial charge in [-0.15, -0.1) is 0 Å². The normalized spacial score (nSPS) is 2.00. The van der Waals surface area contributed by atoms with Gasteiger partial charge in [0, 0.05) is 0 Å². The molecule has 0 atom stereocenters. The van der Waals surface area contributed by atoms with Gasteiger partial charge >= 0.3 is 86.0 Å². The summed E-state index contributed by atoms with van der Waals surface area (Å²) in [5.41, 5.74) is 0. The van der Waals surface area contributed by atoms with Gasteiger partial charge in [0.1, 0.15) is 0 Å². The molecule has 0 radical (unpaired) electrons. The molecule has 0 aromatic rings. The summed E-state index contributed by atoms with van der Waals surface area (Å²) in [6.45, 7) is 0. The molecule has 0 aromatic carbocycles. The summed E-state index contributed by atoms with van der Waals surface area (Å²) in [6, 6.07) is 0. The third-order valence-corrected chi connectivity index (χ3v) is 0. The zero-order chi connectivity index (χ0) is 2.71. The molecule has 4 heavy (non-hydrogen) atoms. The predicted octanol–water partition coefficient (Wildman–Crippen LogP) is -4.68. The van der Waals surface area contributed by atoms with Crippen LogP contribution >= 0.6 is 0 Å². The molecule has 0 aliphatic rings. The zero-order valence-corrected chi connectivity index (χ0v) is 8.67. The van der Waals surface area contributed by atoms with Crippen LogP contribution in [0, 0.1) is 0 Å². The Balaban J connectivity index is 0. The van der Waals surface area contributed by atoms with Crippen molar-refractivity contribution in [3.05, 3.63) is 0 Å².